The summed E-state index contributed by atoms with van der Waals surface area (Å²) < 4.78 is 0. The molecule has 90 valence electrons. The zero-order valence-corrected chi connectivity index (χ0v) is 11.0. The largest absolute Gasteiger partial charge is 0.478 e. The first-order chi connectivity index (χ1) is 8.02. The molecule has 1 rings (SSSR count). The Hall–Kier alpha value is -1.42. The number of aryl methyl sites for hydroxylation is 1. The Balaban J connectivity index is 3.02. The number of halogens is 1. The van der Waals surface area contributed by atoms with Crippen LogP contribution >= 0.6 is 15.9 Å². The van der Waals surface area contributed by atoms with Gasteiger partial charge in [-0.25, -0.2) is 4.79 Å². The predicted molar refractivity (Wildman–Crippen MR) is 70.6 cm³/mol. The maximum absolute atomic E-state index is 11.7. The smallest absolute Gasteiger partial charge is 0.328 e. The van der Waals surface area contributed by atoms with Gasteiger partial charge in [-0.05, 0) is 36.3 Å². The van der Waals surface area contributed by atoms with E-state index in [-0.39, 0.29) is 5.78 Å². The van der Waals surface area contributed by atoms with Gasteiger partial charge in [0.25, 0.3) is 0 Å². The molecule has 0 radical (unpaired) electrons. The van der Waals surface area contributed by atoms with Gasteiger partial charge in [0.1, 0.15) is 0 Å². The first-order valence-corrected chi connectivity index (χ1v) is 6.27. The van der Waals surface area contributed by atoms with Crippen molar-refractivity contribution in [3.63, 3.8) is 0 Å². The van der Waals surface area contributed by atoms with Gasteiger partial charge in [-0.2, -0.15) is 0 Å². The molecule has 0 heterocycles. The Labute approximate surface area is 108 Å². The molecule has 4 heteroatoms. The fourth-order valence-corrected chi connectivity index (χ4v) is 1.83. The third-order valence-electron chi connectivity index (χ3n) is 2.16. The number of Topliss-reactive ketones (excluding diaryl/α,β-unsaturated/α-hetero) is 1. The molecule has 0 atom stereocenters. The van der Waals surface area contributed by atoms with Crippen LogP contribution < -0.4 is 0 Å². The Morgan fingerprint density at radius 3 is 2.65 bits per heavy atom. The van der Waals surface area contributed by atoms with Crippen molar-refractivity contribution in [1.82, 2.24) is 0 Å². The first-order valence-electron chi connectivity index (χ1n) is 5.15. The molecule has 0 fully saturated rings. The normalized spacial score (nSPS) is 10.7. The zero-order valence-electron chi connectivity index (χ0n) is 9.44. The molecule has 0 saturated heterocycles. The van der Waals surface area contributed by atoms with Crippen LogP contribution in [0.2, 0.25) is 0 Å². The molecule has 0 aliphatic heterocycles. The maximum Gasteiger partial charge on any atom is 0.328 e. The van der Waals surface area contributed by atoms with E-state index in [4.69, 9.17) is 5.11 Å². The van der Waals surface area contributed by atoms with Gasteiger partial charge < -0.3 is 5.11 Å². The summed E-state index contributed by atoms with van der Waals surface area (Å²) in [6, 6.07) is 5.35. The molecule has 1 aromatic rings. The summed E-state index contributed by atoms with van der Waals surface area (Å²) in [4.78, 5) is 22.1. The molecule has 1 aromatic carbocycles. The number of benzene rings is 1. The van der Waals surface area contributed by atoms with E-state index < -0.39 is 5.97 Å². The van der Waals surface area contributed by atoms with Gasteiger partial charge in [-0.15, -0.1) is 0 Å². The third kappa shape index (κ3) is 4.53. The highest BCUT2D eigenvalue weighted by atomic mass is 79.9. The van der Waals surface area contributed by atoms with Crippen molar-refractivity contribution < 1.29 is 14.7 Å². The maximum atomic E-state index is 11.7. The minimum absolute atomic E-state index is 0.0514. The van der Waals surface area contributed by atoms with Crippen LogP contribution in [0.25, 0.3) is 6.08 Å². The number of rotatable bonds is 5. The summed E-state index contributed by atoms with van der Waals surface area (Å²) in [5, 5.41) is 9.17. The molecule has 0 aliphatic carbocycles. The number of hydrogen-bond donors (Lipinski definition) is 1. The molecular weight excluding hydrogens is 284 g/mol. The Kier molecular flexibility index (Phi) is 5.10. The number of carbonyl (C=O) groups excluding carboxylic acids is 1. The lowest BCUT2D eigenvalue weighted by atomic mass is 10.0. The Bertz CT molecular complexity index is 464. The lowest BCUT2D eigenvalue weighted by Crippen LogP contribution is -2.00. The lowest BCUT2D eigenvalue weighted by molar-refractivity contribution is -0.131. The number of carboxylic acid groups (broad SMARTS) is 1. The summed E-state index contributed by atoms with van der Waals surface area (Å²) in [5.41, 5.74) is 2.29. The van der Waals surface area contributed by atoms with Gasteiger partial charge >= 0.3 is 5.97 Å². The average Bonchev–Trinajstić information content (AvgIpc) is 2.26. The van der Waals surface area contributed by atoms with Gasteiger partial charge in [-0.1, -0.05) is 22.0 Å². The highest BCUT2D eigenvalue weighted by molar-refractivity contribution is 9.09. The van der Waals surface area contributed by atoms with Crippen LogP contribution in [0.5, 0.6) is 0 Å². The molecule has 0 saturated carbocycles. The summed E-state index contributed by atoms with van der Waals surface area (Å²) >= 11 is 3.22. The number of hydrogen-bond acceptors (Lipinski definition) is 2. The number of carbonyl (C=O) groups is 2. The highest BCUT2D eigenvalue weighted by Crippen LogP contribution is 2.13. The molecule has 0 spiro atoms. The van der Waals surface area contributed by atoms with Gasteiger partial charge in [-0.3, -0.25) is 4.79 Å². The molecule has 3 nitrogen and oxygen atoms in total. The molecule has 0 aliphatic rings. The number of ketones is 1. The van der Waals surface area contributed by atoms with Crippen LogP contribution in [-0.4, -0.2) is 22.2 Å². The molecule has 0 amide bonds. The highest BCUT2D eigenvalue weighted by Gasteiger charge is 2.06. The second kappa shape index (κ2) is 6.35. The van der Waals surface area contributed by atoms with E-state index >= 15 is 0 Å². The van der Waals surface area contributed by atoms with Crippen molar-refractivity contribution >= 4 is 33.8 Å². The molecule has 0 aromatic heterocycles. The third-order valence-corrected chi connectivity index (χ3v) is 2.56. The molecular formula is C13H13BrO3. The summed E-state index contributed by atoms with van der Waals surface area (Å²) in [6.45, 7) is 1.88. The van der Waals surface area contributed by atoms with Crippen LogP contribution in [0.1, 0.15) is 27.9 Å². The number of carboxylic acids is 1. The van der Waals surface area contributed by atoms with Crippen molar-refractivity contribution in [2.75, 3.05) is 5.33 Å². The van der Waals surface area contributed by atoms with Crippen molar-refractivity contribution in [2.24, 2.45) is 0 Å². The molecule has 0 bridgehead atoms. The minimum Gasteiger partial charge on any atom is -0.478 e. The summed E-state index contributed by atoms with van der Waals surface area (Å²) in [5.74, 6) is -0.949. The minimum atomic E-state index is -1.00. The molecule has 1 N–H and O–H groups in total. The van der Waals surface area contributed by atoms with E-state index in [9.17, 15) is 9.59 Å². The van der Waals surface area contributed by atoms with Crippen LogP contribution in [0.4, 0.5) is 0 Å². The quantitative estimate of drug-likeness (QED) is 0.516. The standard InChI is InChI=1S/C13H13BrO3/c1-9-6-10(2-3-13(16)17)8-11(7-9)12(15)4-5-14/h2-3,6-8H,4-5H2,1H3,(H,16,17)/b3-2+. The van der Waals surface area contributed by atoms with E-state index in [0.29, 0.717) is 17.3 Å². The fraction of sp³-hybridized carbons (Fsp3) is 0.231. The average molecular weight is 297 g/mol. The second-order valence-electron chi connectivity index (χ2n) is 3.67. The van der Waals surface area contributed by atoms with Crippen molar-refractivity contribution in [3.8, 4) is 0 Å². The van der Waals surface area contributed by atoms with Crippen molar-refractivity contribution in [3.05, 3.63) is 41.0 Å². The van der Waals surface area contributed by atoms with Gasteiger partial charge in [0.15, 0.2) is 5.78 Å². The summed E-state index contributed by atoms with van der Waals surface area (Å²) in [6.07, 6.45) is 2.99. The SMILES string of the molecule is Cc1cc(/C=C/C(=O)O)cc(C(=O)CCBr)c1. The topological polar surface area (TPSA) is 54.4 Å². The van der Waals surface area contributed by atoms with Crippen LogP contribution in [0, 0.1) is 6.92 Å². The van der Waals surface area contributed by atoms with Crippen LogP contribution in [-0.2, 0) is 4.79 Å². The Morgan fingerprint density at radius 1 is 1.35 bits per heavy atom. The lowest BCUT2D eigenvalue weighted by Gasteiger charge is -2.03. The van der Waals surface area contributed by atoms with Crippen molar-refractivity contribution in [1.29, 1.82) is 0 Å². The van der Waals surface area contributed by atoms with Gasteiger partial charge in [0, 0.05) is 23.4 Å². The van der Waals surface area contributed by atoms with Crippen LogP contribution in [0.15, 0.2) is 24.3 Å². The van der Waals surface area contributed by atoms with Crippen LogP contribution in [0.3, 0.4) is 0 Å². The van der Waals surface area contributed by atoms with Gasteiger partial charge in [0.2, 0.25) is 0 Å². The molecule has 17 heavy (non-hydrogen) atoms. The van der Waals surface area contributed by atoms with E-state index in [1.54, 1.807) is 6.07 Å². The fourth-order valence-electron chi connectivity index (χ4n) is 1.47. The summed E-state index contributed by atoms with van der Waals surface area (Å²) in [7, 11) is 0. The zero-order chi connectivity index (χ0) is 12.8. The van der Waals surface area contributed by atoms with E-state index in [1.165, 1.54) is 6.08 Å². The monoisotopic (exact) mass is 296 g/mol. The predicted octanol–water partition coefficient (Wildman–Crippen LogP) is 3.06. The molecule has 0 unspecified atom stereocenters. The number of alkyl halides is 1. The van der Waals surface area contributed by atoms with E-state index in [2.05, 4.69) is 15.9 Å². The first kappa shape index (κ1) is 13.6. The second-order valence-corrected chi connectivity index (χ2v) is 4.46. The Morgan fingerprint density at radius 2 is 2.06 bits per heavy atom. The van der Waals surface area contributed by atoms with Crippen molar-refractivity contribution in [2.45, 2.75) is 13.3 Å². The van der Waals surface area contributed by atoms with E-state index in [1.807, 2.05) is 19.1 Å². The number of aliphatic carboxylic acids is 1. The van der Waals surface area contributed by atoms with E-state index in [0.717, 1.165) is 17.2 Å². The van der Waals surface area contributed by atoms with Gasteiger partial charge in [0.05, 0.1) is 0 Å².